The molecule has 0 spiro atoms. The molecule has 3 rings (SSSR count). The van der Waals surface area contributed by atoms with Gasteiger partial charge in [0.1, 0.15) is 17.8 Å². The molecule has 1 aromatic carbocycles. The van der Waals surface area contributed by atoms with Crippen LogP contribution in [-0.2, 0) is 0 Å². The van der Waals surface area contributed by atoms with Crippen LogP contribution in [0.2, 0.25) is 0 Å². The van der Waals surface area contributed by atoms with Crippen molar-refractivity contribution >= 4 is 29.0 Å². The van der Waals surface area contributed by atoms with E-state index < -0.39 is 0 Å². The molecule has 0 saturated carbocycles. The number of carbonyl (C=O) groups is 1. The maximum Gasteiger partial charge on any atom is 0.179 e. The highest BCUT2D eigenvalue weighted by atomic mass is 35.5. The quantitative estimate of drug-likeness (QED) is 0.341. The number of alkyl halides is 1. The van der Waals surface area contributed by atoms with Crippen molar-refractivity contribution in [2.24, 2.45) is 4.99 Å². The molecule has 1 aromatic heterocycles. The van der Waals surface area contributed by atoms with Crippen molar-refractivity contribution in [1.82, 2.24) is 15.2 Å². The molecule has 2 aromatic rings. The third kappa shape index (κ3) is 4.65. The van der Waals surface area contributed by atoms with Crippen molar-refractivity contribution in [3.05, 3.63) is 45.6 Å². The Morgan fingerprint density at radius 3 is 2.25 bits per heavy atom. The molecule has 1 aliphatic rings. The monoisotopic (exact) mass is 456 g/mol. The molecule has 2 heterocycles. The summed E-state index contributed by atoms with van der Waals surface area (Å²) in [5, 5.41) is 7.29. The number of halogens is 1. The lowest BCUT2D eigenvalue weighted by molar-refractivity contribution is 0.101. The van der Waals surface area contributed by atoms with Gasteiger partial charge in [-0.1, -0.05) is 44.4 Å². The predicted molar refractivity (Wildman–Crippen MR) is 135 cm³/mol. The second-order valence-electron chi connectivity index (χ2n) is 9.05. The van der Waals surface area contributed by atoms with Crippen molar-refractivity contribution in [2.45, 2.75) is 86.4 Å². The van der Waals surface area contributed by atoms with E-state index in [0.717, 1.165) is 54.3 Å². The molecule has 0 radical (unpaired) electrons. The van der Waals surface area contributed by atoms with Gasteiger partial charge in [0.05, 0.1) is 11.6 Å². The molecule has 0 fully saturated rings. The molecule has 1 unspecified atom stereocenters. The second kappa shape index (κ2) is 10.2. The minimum absolute atomic E-state index is 0.0497. The zero-order valence-electron chi connectivity index (χ0n) is 20.5. The molecule has 0 amide bonds. The molecule has 1 atom stereocenters. The highest BCUT2D eigenvalue weighted by Crippen LogP contribution is 2.41. The van der Waals surface area contributed by atoms with E-state index in [0.29, 0.717) is 11.6 Å². The van der Waals surface area contributed by atoms with Crippen molar-refractivity contribution in [2.75, 3.05) is 5.88 Å². The number of aromatic nitrogens is 1. The van der Waals surface area contributed by atoms with Crippen LogP contribution in [0.1, 0.15) is 90.9 Å². The Bertz CT molecular complexity index is 1010. The molecule has 0 bridgehead atoms. The zero-order chi connectivity index (χ0) is 23.6. The van der Waals surface area contributed by atoms with Crippen LogP contribution in [0.5, 0.6) is 0 Å². The first-order valence-corrected chi connectivity index (χ1v) is 12.3. The van der Waals surface area contributed by atoms with Gasteiger partial charge in [0, 0.05) is 22.9 Å². The standard InChI is InChI=1S/C26H37ClN4O/c1-8-10-20(11-9-2)30-25-23-22(21(32)14-27)18(6)31(26(23)29-19(7)28-25)24-16(4)12-15(3)13-17(24)5/h12-13,20,25,30H,8-11,14H2,1-7H3,(H,28,29). The molecule has 5 nitrogen and oxygen atoms in total. The van der Waals surface area contributed by atoms with Crippen LogP contribution in [0.15, 0.2) is 17.1 Å². The summed E-state index contributed by atoms with van der Waals surface area (Å²) in [7, 11) is 0. The number of hydrogen-bond donors (Lipinski definition) is 2. The highest BCUT2D eigenvalue weighted by molar-refractivity contribution is 6.31. The van der Waals surface area contributed by atoms with Gasteiger partial charge in [-0.25, -0.2) is 4.99 Å². The molecule has 32 heavy (non-hydrogen) atoms. The number of nitrogens with zero attached hydrogens (tertiary/aromatic N) is 2. The fraction of sp³-hybridized carbons (Fsp3) is 0.538. The fourth-order valence-corrected chi connectivity index (χ4v) is 5.27. The Kier molecular flexibility index (Phi) is 7.84. The molecule has 6 heteroatoms. The number of amidine groups is 1. The minimum Gasteiger partial charge on any atom is -0.354 e. The van der Waals surface area contributed by atoms with Crippen LogP contribution in [0.25, 0.3) is 5.69 Å². The van der Waals surface area contributed by atoms with Crippen molar-refractivity contribution in [3.63, 3.8) is 0 Å². The lowest BCUT2D eigenvalue weighted by atomic mass is 10.0. The summed E-state index contributed by atoms with van der Waals surface area (Å²) in [6.45, 7) is 14.8. The maximum atomic E-state index is 13.1. The van der Waals surface area contributed by atoms with E-state index >= 15 is 0 Å². The number of hydrogen-bond acceptors (Lipinski definition) is 4. The molecule has 2 N–H and O–H groups in total. The summed E-state index contributed by atoms with van der Waals surface area (Å²) >= 11 is 6.09. The number of Topliss-reactive ketones (excluding diaryl/α,β-unsaturated/α-hetero) is 1. The third-order valence-corrected chi connectivity index (χ3v) is 6.51. The number of benzene rings is 1. The Labute approximate surface area is 197 Å². The van der Waals surface area contributed by atoms with E-state index in [-0.39, 0.29) is 17.8 Å². The van der Waals surface area contributed by atoms with Gasteiger partial charge in [-0.2, -0.15) is 0 Å². The average molecular weight is 457 g/mol. The summed E-state index contributed by atoms with van der Waals surface area (Å²) in [5.74, 6) is 1.55. The highest BCUT2D eigenvalue weighted by Gasteiger charge is 2.34. The van der Waals surface area contributed by atoms with Gasteiger partial charge in [0.25, 0.3) is 0 Å². The van der Waals surface area contributed by atoms with Crippen LogP contribution in [0, 0.1) is 27.7 Å². The van der Waals surface area contributed by atoms with Crippen LogP contribution >= 0.6 is 11.6 Å². The Balaban J connectivity index is 2.27. The molecular weight excluding hydrogens is 420 g/mol. The first kappa shape index (κ1) is 24.5. The van der Waals surface area contributed by atoms with E-state index in [4.69, 9.17) is 16.6 Å². The molecule has 1 aliphatic heterocycles. The minimum atomic E-state index is -0.182. The van der Waals surface area contributed by atoms with E-state index in [2.05, 4.69) is 62.0 Å². The Hall–Kier alpha value is -2.11. The van der Waals surface area contributed by atoms with Gasteiger partial charge in [-0.3, -0.25) is 14.7 Å². The van der Waals surface area contributed by atoms with Gasteiger partial charge in [-0.05, 0) is 58.6 Å². The predicted octanol–water partition coefficient (Wildman–Crippen LogP) is 6.34. The van der Waals surface area contributed by atoms with Crippen molar-refractivity contribution in [3.8, 4) is 5.69 Å². The molecule has 0 saturated heterocycles. The second-order valence-corrected chi connectivity index (χ2v) is 9.32. The van der Waals surface area contributed by atoms with Crippen LogP contribution in [0.3, 0.4) is 0 Å². The Morgan fingerprint density at radius 1 is 1.12 bits per heavy atom. The van der Waals surface area contributed by atoms with Crippen LogP contribution in [-0.4, -0.2) is 28.1 Å². The summed E-state index contributed by atoms with van der Waals surface area (Å²) in [5.41, 5.74) is 7.14. The van der Waals surface area contributed by atoms with Gasteiger partial charge >= 0.3 is 0 Å². The van der Waals surface area contributed by atoms with E-state index in [1.54, 1.807) is 0 Å². The number of fused-ring (bicyclic) bond motifs is 1. The first-order valence-electron chi connectivity index (χ1n) is 11.7. The Morgan fingerprint density at radius 2 is 1.72 bits per heavy atom. The summed E-state index contributed by atoms with van der Waals surface area (Å²) in [6, 6.07) is 4.73. The SMILES string of the molecule is CCCC(CCC)NC1NC(C)=Nc2c1c(C(=O)CCl)c(C)n2-c1c(C)cc(C)cc1C. The van der Waals surface area contributed by atoms with Crippen molar-refractivity contribution < 1.29 is 4.79 Å². The normalized spacial score (nSPS) is 15.5. The number of nitrogens with one attached hydrogen (secondary N) is 2. The molecule has 174 valence electrons. The van der Waals surface area contributed by atoms with Gasteiger partial charge < -0.3 is 5.32 Å². The van der Waals surface area contributed by atoms with Gasteiger partial charge in [0.15, 0.2) is 5.78 Å². The van der Waals surface area contributed by atoms with Crippen molar-refractivity contribution in [1.29, 1.82) is 0 Å². The molecular formula is C26H37ClN4O. The first-order chi connectivity index (χ1) is 15.2. The summed E-state index contributed by atoms with van der Waals surface area (Å²) < 4.78 is 2.16. The lowest BCUT2D eigenvalue weighted by Crippen LogP contribution is -2.44. The van der Waals surface area contributed by atoms with E-state index in [9.17, 15) is 4.79 Å². The largest absolute Gasteiger partial charge is 0.354 e. The number of ketones is 1. The maximum absolute atomic E-state index is 13.1. The van der Waals surface area contributed by atoms with Gasteiger partial charge in [0.2, 0.25) is 0 Å². The number of rotatable bonds is 9. The summed E-state index contributed by atoms with van der Waals surface area (Å²) in [4.78, 5) is 18.0. The van der Waals surface area contributed by atoms with E-state index in [1.165, 1.54) is 16.7 Å². The fourth-order valence-electron chi connectivity index (χ4n) is 5.14. The topological polar surface area (TPSA) is 58.4 Å². The van der Waals surface area contributed by atoms with Crippen LogP contribution < -0.4 is 10.6 Å². The number of aliphatic imine (C=N–C) groups is 1. The van der Waals surface area contributed by atoms with Crippen LogP contribution in [0.4, 0.5) is 5.82 Å². The molecule has 0 aliphatic carbocycles. The zero-order valence-corrected chi connectivity index (χ0v) is 21.3. The smallest absolute Gasteiger partial charge is 0.179 e. The summed E-state index contributed by atoms with van der Waals surface area (Å²) in [6.07, 6.45) is 4.22. The number of carbonyl (C=O) groups excluding carboxylic acids is 1. The average Bonchev–Trinajstić information content (AvgIpc) is 2.99. The lowest BCUT2D eigenvalue weighted by Gasteiger charge is -2.30. The van der Waals surface area contributed by atoms with E-state index in [1.807, 2.05) is 13.8 Å². The van der Waals surface area contributed by atoms with Gasteiger partial charge in [-0.15, -0.1) is 11.6 Å². The third-order valence-electron chi connectivity index (χ3n) is 6.27. The number of aryl methyl sites for hydroxylation is 3.